The van der Waals surface area contributed by atoms with E-state index in [2.05, 4.69) is 28.9 Å². The predicted molar refractivity (Wildman–Crippen MR) is 143 cm³/mol. The van der Waals surface area contributed by atoms with Gasteiger partial charge in [-0.25, -0.2) is 0 Å². The van der Waals surface area contributed by atoms with Crippen molar-refractivity contribution in [1.82, 2.24) is 10.2 Å². The van der Waals surface area contributed by atoms with Crippen LogP contribution >= 0.6 is 0 Å². The van der Waals surface area contributed by atoms with Crippen molar-refractivity contribution in [1.29, 1.82) is 0 Å². The van der Waals surface area contributed by atoms with Crippen LogP contribution in [0.2, 0.25) is 0 Å². The highest BCUT2D eigenvalue weighted by Crippen LogP contribution is 2.49. The molecule has 1 saturated heterocycles. The zero-order valence-corrected chi connectivity index (χ0v) is 20.9. The maximum Gasteiger partial charge on any atom is 0.308 e. The summed E-state index contributed by atoms with van der Waals surface area (Å²) in [6.07, 6.45) is 5.84. The van der Waals surface area contributed by atoms with Crippen molar-refractivity contribution in [2.45, 2.75) is 44.1 Å². The first-order valence-corrected chi connectivity index (χ1v) is 12.9. The number of carbonyl (C=O) groups excluding carboxylic acids is 2. The molecule has 1 N–H and O–H groups in total. The Morgan fingerprint density at radius 3 is 2.72 bits per heavy atom. The first-order chi connectivity index (χ1) is 17.5. The van der Waals surface area contributed by atoms with Crippen LogP contribution < -0.4 is 10.1 Å². The topological polar surface area (TPSA) is 58.6 Å². The molecule has 0 bridgehead atoms. The highest BCUT2D eigenvalue weighted by Gasteiger charge is 2.48. The van der Waals surface area contributed by atoms with Gasteiger partial charge in [0.2, 0.25) is 0 Å². The van der Waals surface area contributed by atoms with Crippen LogP contribution in [0.15, 0.2) is 79.4 Å². The molecule has 1 aliphatic heterocycles. The number of carbonyl (C=O) groups is 2. The average Bonchev–Trinajstić information content (AvgIpc) is 2.88. The molecule has 5 rings (SSSR count). The second-order valence-corrected chi connectivity index (χ2v) is 10.3. The van der Waals surface area contributed by atoms with Crippen LogP contribution in [-0.2, 0) is 10.2 Å². The van der Waals surface area contributed by atoms with E-state index in [9.17, 15) is 9.59 Å². The van der Waals surface area contributed by atoms with Crippen LogP contribution in [0.25, 0.3) is 10.8 Å². The minimum absolute atomic E-state index is 0.0166. The van der Waals surface area contributed by atoms with Gasteiger partial charge in [0.05, 0.1) is 0 Å². The second kappa shape index (κ2) is 10.3. The molecule has 5 heteroatoms. The lowest BCUT2D eigenvalue weighted by Gasteiger charge is -2.53. The van der Waals surface area contributed by atoms with E-state index < -0.39 is 0 Å². The number of hydrogen-bond acceptors (Lipinski definition) is 4. The average molecular weight is 483 g/mol. The maximum atomic E-state index is 13.3. The number of esters is 1. The van der Waals surface area contributed by atoms with E-state index in [-0.39, 0.29) is 23.3 Å². The Morgan fingerprint density at radius 1 is 1.08 bits per heavy atom. The molecule has 3 atom stereocenters. The lowest BCUT2D eigenvalue weighted by atomic mass is 9.58. The fraction of sp³-hybridized carbons (Fsp3) is 0.355. The number of amides is 1. The summed E-state index contributed by atoms with van der Waals surface area (Å²) in [7, 11) is 0. The van der Waals surface area contributed by atoms with E-state index in [1.54, 1.807) is 0 Å². The molecule has 0 aromatic heterocycles. The first kappa shape index (κ1) is 24.3. The van der Waals surface area contributed by atoms with Gasteiger partial charge in [-0.1, -0.05) is 48.5 Å². The van der Waals surface area contributed by atoms with E-state index >= 15 is 0 Å². The SMILES string of the molecule is C=CCN1CC[C@@]2(c3cccc(OC(C)=O)c3)C[C@H](NC(=O)c3ccc4ccccc4c3)CC[C@@H]2C1. The Labute approximate surface area is 213 Å². The monoisotopic (exact) mass is 482 g/mol. The molecule has 1 amide bonds. The van der Waals surface area contributed by atoms with E-state index in [4.69, 9.17) is 4.74 Å². The van der Waals surface area contributed by atoms with Crippen LogP contribution in [0.4, 0.5) is 0 Å². The minimum Gasteiger partial charge on any atom is -0.427 e. The van der Waals surface area contributed by atoms with Crippen molar-refractivity contribution in [2.24, 2.45) is 5.92 Å². The van der Waals surface area contributed by atoms with Crippen LogP contribution in [0.3, 0.4) is 0 Å². The number of nitrogens with one attached hydrogen (secondary N) is 1. The molecule has 1 saturated carbocycles. The zero-order valence-electron chi connectivity index (χ0n) is 20.9. The number of piperidine rings is 1. The number of nitrogens with zero attached hydrogens (tertiary/aromatic N) is 1. The molecule has 0 spiro atoms. The standard InChI is InChI=1S/C31H34N2O3/c1-3-16-33-17-15-31(26-9-6-10-29(19-26)36-22(2)34)20-28(14-13-27(31)21-33)32-30(35)25-12-11-23-7-4-5-8-24(23)18-25/h3-12,18-19,27-28H,1,13-17,20-21H2,2H3,(H,32,35)/t27-,28-,31+/m1/s1. The van der Waals surface area contributed by atoms with Crippen molar-refractivity contribution in [2.75, 3.05) is 19.6 Å². The number of hydrogen-bond donors (Lipinski definition) is 1. The van der Waals surface area contributed by atoms with Gasteiger partial charge in [0.1, 0.15) is 5.75 Å². The summed E-state index contributed by atoms with van der Waals surface area (Å²) in [4.78, 5) is 27.4. The van der Waals surface area contributed by atoms with Gasteiger partial charge in [-0.15, -0.1) is 6.58 Å². The van der Waals surface area contributed by atoms with Crippen molar-refractivity contribution < 1.29 is 14.3 Å². The Morgan fingerprint density at radius 2 is 1.92 bits per heavy atom. The second-order valence-electron chi connectivity index (χ2n) is 10.3. The molecule has 2 aliphatic rings. The number of fused-ring (bicyclic) bond motifs is 2. The van der Waals surface area contributed by atoms with Crippen molar-refractivity contribution >= 4 is 22.6 Å². The Hall–Kier alpha value is -3.44. The number of benzene rings is 3. The van der Waals surface area contributed by atoms with Crippen molar-refractivity contribution in [3.8, 4) is 5.75 Å². The van der Waals surface area contributed by atoms with Gasteiger partial charge in [-0.3, -0.25) is 14.5 Å². The minimum atomic E-state index is -0.314. The Kier molecular flexibility index (Phi) is 6.92. The smallest absolute Gasteiger partial charge is 0.308 e. The molecule has 5 nitrogen and oxygen atoms in total. The summed E-state index contributed by atoms with van der Waals surface area (Å²) < 4.78 is 5.43. The van der Waals surface area contributed by atoms with Gasteiger partial charge in [0.15, 0.2) is 0 Å². The highest BCUT2D eigenvalue weighted by molar-refractivity contribution is 5.98. The summed E-state index contributed by atoms with van der Waals surface area (Å²) in [6.45, 7) is 8.24. The Bertz CT molecular complexity index is 1290. The third-order valence-electron chi connectivity index (χ3n) is 8.01. The molecular weight excluding hydrogens is 448 g/mol. The van der Waals surface area contributed by atoms with Gasteiger partial charge in [-0.05, 0) is 78.7 Å². The third-order valence-corrected chi connectivity index (χ3v) is 8.01. The molecule has 3 aromatic carbocycles. The number of ether oxygens (including phenoxy) is 1. The molecule has 0 unspecified atom stereocenters. The Balaban J connectivity index is 1.40. The van der Waals surface area contributed by atoms with Gasteiger partial charge < -0.3 is 10.1 Å². The zero-order chi connectivity index (χ0) is 25.1. The lowest BCUT2D eigenvalue weighted by Crippen LogP contribution is -2.56. The van der Waals surface area contributed by atoms with Crippen LogP contribution in [0, 0.1) is 5.92 Å². The fourth-order valence-electron chi connectivity index (χ4n) is 6.32. The molecule has 0 radical (unpaired) electrons. The summed E-state index contributed by atoms with van der Waals surface area (Å²) in [5.74, 6) is 0.722. The molecular formula is C31H34N2O3. The van der Waals surface area contributed by atoms with Gasteiger partial charge in [0, 0.05) is 37.0 Å². The van der Waals surface area contributed by atoms with Gasteiger partial charge >= 0.3 is 5.97 Å². The summed E-state index contributed by atoms with van der Waals surface area (Å²) in [5.41, 5.74) is 1.82. The summed E-state index contributed by atoms with van der Waals surface area (Å²) in [6, 6.07) is 22.1. The van der Waals surface area contributed by atoms with Crippen LogP contribution in [-0.4, -0.2) is 42.5 Å². The maximum absolute atomic E-state index is 13.3. The number of rotatable bonds is 6. The van der Waals surface area contributed by atoms with Crippen molar-refractivity contribution in [3.63, 3.8) is 0 Å². The summed E-state index contributed by atoms with van der Waals surface area (Å²) in [5, 5.41) is 5.56. The van der Waals surface area contributed by atoms with Gasteiger partial charge in [0.25, 0.3) is 5.91 Å². The van der Waals surface area contributed by atoms with E-state index in [1.807, 2.05) is 60.7 Å². The van der Waals surface area contributed by atoms with Crippen molar-refractivity contribution in [3.05, 3.63) is 90.5 Å². The van der Waals surface area contributed by atoms with E-state index in [0.29, 0.717) is 17.2 Å². The molecule has 1 aliphatic carbocycles. The highest BCUT2D eigenvalue weighted by atomic mass is 16.5. The van der Waals surface area contributed by atoms with Crippen LogP contribution in [0.1, 0.15) is 48.5 Å². The van der Waals surface area contributed by atoms with Crippen LogP contribution in [0.5, 0.6) is 5.75 Å². The quantitative estimate of drug-likeness (QED) is 0.287. The molecule has 186 valence electrons. The molecule has 1 heterocycles. The normalized spacial score (nSPS) is 24.0. The first-order valence-electron chi connectivity index (χ1n) is 12.9. The fourth-order valence-corrected chi connectivity index (χ4v) is 6.32. The molecule has 36 heavy (non-hydrogen) atoms. The largest absolute Gasteiger partial charge is 0.427 e. The lowest BCUT2D eigenvalue weighted by molar-refractivity contribution is -0.131. The number of likely N-dealkylation sites (tertiary alicyclic amines) is 1. The van der Waals surface area contributed by atoms with E-state index in [1.165, 1.54) is 12.5 Å². The molecule has 2 fully saturated rings. The predicted octanol–water partition coefficient (Wildman–Crippen LogP) is 5.49. The summed E-state index contributed by atoms with van der Waals surface area (Å²) >= 11 is 0. The third kappa shape index (κ3) is 4.93. The van der Waals surface area contributed by atoms with Gasteiger partial charge in [-0.2, -0.15) is 0 Å². The molecule has 3 aromatic rings. The van der Waals surface area contributed by atoms with E-state index in [0.717, 1.165) is 56.1 Å².